The van der Waals surface area contributed by atoms with Crippen molar-refractivity contribution in [2.45, 2.75) is 82.3 Å². The largest absolute Gasteiger partial charge is 0.387 e. The zero-order valence-electron chi connectivity index (χ0n) is 24.0. The smallest absolute Gasteiger partial charge is 0.252 e. The van der Waals surface area contributed by atoms with Crippen molar-refractivity contribution in [2.75, 3.05) is 17.8 Å². The summed E-state index contributed by atoms with van der Waals surface area (Å²) >= 11 is 1.51. The van der Waals surface area contributed by atoms with Crippen LogP contribution in [0.15, 0.2) is 71.6 Å². The molecule has 2 aliphatic heterocycles. The lowest BCUT2D eigenvalue weighted by Crippen LogP contribution is -2.62. The second kappa shape index (κ2) is 12.4. The third-order valence-corrected chi connectivity index (χ3v) is 7.89. The van der Waals surface area contributed by atoms with Crippen molar-refractivity contribution in [3.05, 3.63) is 72.3 Å². The lowest BCUT2D eigenvalue weighted by molar-refractivity contribution is -0.334. The van der Waals surface area contributed by atoms with Gasteiger partial charge in [-0.2, -0.15) is 0 Å². The van der Waals surface area contributed by atoms with Crippen LogP contribution in [0.4, 0.5) is 5.69 Å². The first-order valence-corrected chi connectivity index (χ1v) is 14.5. The maximum atomic E-state index is 13.9. The van der Waals surface area contributed by atoms with Crippen molar-refractivity contribution in [3.63, 3.8) is 0 Å². The molecule has 0 radical (unpaired) electrons. The molecule has 2 aliphatic rings. The van der Waals surface area contributed by atoms with Gasteiger partial charge in [0.25, 0.3) is 11.8 Å². The van der Waals surface area contributed by atoms with E-state index in [9.17, 15) is 14.7 Å². The Morgan fingerprint density at radius 3 is 2.52 bits per heavy atom. The van der Waals surface area contributed by atoms with Crippen LogP contribution in [-0.2, 0) is 30.3 Å². The molecule has 2 heterocycles. The van der Waals surface area contributed by atoms with E-state index in [-0.39, 0.29) is 11.3 Å². The summed E-state index contributed by atoms with van der Waals surface area (Å²) in [5.74, 6) is -1.48. The molecule has 2 amide bonds. The number of carbonyl (C=O) groups excluding carboxylic acids is 2. The first-order valence-electron chi connectivity index (χ1n) is 13.5. The van der Waals surface area contributed by atoms with Crippen molar-refractivity contribution in [1.29, 1.82) is 0 Å². The highest BCUT2D eigenvalue weighted by Crippen LogP contribution is 2.36. The Labute approximate surface area is 241 Å². The quantitative estimate of drug-likeness (QED) is 0.481. The molecule has 0 spiro atoms. The third-order valence-electron chi connectivity index (χ3n) is 6.74. The number of ether oxygens (including phenoxy) is 3. The van der Waals surface area contributed by atoms with Crippen LogP contribution < -0.4 is 10.2 Å². The van der Waals surface area contributed by atoms with Crippen molar-refractivity contribution in [2.24, 2.45) is 5.41 Å². The molecule has 0 aliphatic carbocycles. The fraction of sp³-hybridized carbons (Fsp3) is 0.484. The van der Waals surface area contributed by atoms with E-state index >= 15 is 0 Å². The monoisotopic (exact) mass is 568 g/mol. The summed E-state index contributed by atoms with van der Waals surface area (Å²) < 4.78 is 17.6. The highest BCUT2D eigenvalue weighted by molar-refractivity contribution is 7.99. The molecule has 0 saturated carbocycles. The van der Waals surface area contributed by atoms with Crippen LogP contribution in [0.3, 0.4) is 0 Å². The number of aliphatic hydroxyl groups is 1. The van der Waals surface area contributed by atoms with Crippen molar-refractivity contribution < 1.29 is 28.9 Å². The fourth-order valence-corrected chi connectivity index (χ4v) is 5.89. The van der Waals surface area contributed by atoms with Crippen molar-refractivity contribution in [1.82, 2.24) is 5.32 Å². The molecule has 0 unspecified atom stereocenters. The number of hydrogen-bond acceptors (Lipinski definition) is 7. The van der Waals surface area contributed by atoms with Crippen molar-refractivity contribution in [3.8, 4) is 0 Å². The topological polar surface area (TPSA) is 97.3 Å². The molecular weight excluding hydrogens is 528 g/mol. The van der Waals surface area contributed by atoms with Crippen LogP contribution in [0.2, 0.25) is 0 Å². The first-order chi connectivity index (χ1) is 18.9. The number of nitrogens with one attached hydrogen (secondary N) is 1. The van der Waals surface area contributed by atoms with Crippen LogP contribution in [0.25, 0.3) is 0 Å². The van der Waals surface area contributed by atoms with Gasteiger partial charge in [0.2, 0.25) is 0 Å². The Balaban J connectivity index is 1.56. The SMILES string of the molecule is CO[C@@H](C(=O)N[C@H]1CSc2ccccc2N(Cc2ccccc2)C1=O)[C@@H]1OC(C)(C)O[C@H](C=CC(C)(C)C)[C@@H]1O. The number of benzene rings is 2. The Morgan fingerprint density at radius 1 is 1.18 bits per heavy atom. The predicted molar refractivity (Wildman–Crippen MR) is 156 cm³/mol. The summed E-state index contributed by atoms with van der Waals surface area (Å²) in [4.78, 5) is 30.2. The van der Waals surface area contributed by atoms with Gasteiger partial charge in [-0.25, -0.2) is 0 Å². The van der Waals surface area contributed by atoms with Gasteiger partial charge in [0.05, 0.1) is 12.2 Å². The molecule has 8 nitrogen and oxygen atoms in total. The summed E-state index contributed by atoms with van der Waals surface area (Å²) in [7, 11) is 1.39. The average molecular weight is 569 g/mol. The number of para-hydroxylation sites is 1. The number of fused-ring (bicyclic) bond motifs is 1. The number of hydrogen-bond donors (Lipinski definition) is 2. The van der Waals surface area contributed by atoms with Gasteiger partial charge < -0.3 is 29.5 Å². The van der Waals surface area contributed by atoms with Crippen LogP contribution in [0.5, 0.6) is 0 Å². The minimum atomic E-state index is -1.17. The lowest BCUT2D eigenvalue weighted by atomic mass is 9.93. The number of allylic oxidation sites excluding steroid dienone is 1. The van der Waals surface area contributed by atoms with Gasteiger partial charge in [-0.1, -0.05) is 75.4 Å². The minimum absolute atomic E-state index is 0.125. The molecule has 2 aromatic carbocycles. The molecule has 40 heavy (non-hydrogen) atoms. The second-order valence-electron chi connectivity index (χ2n) is 11.7. The number of nitrogens with zero attached hydrogens (tertiary/aromatic N) is 1. The van der Waals surface area contributed by atoms with Gasteiger partial charge in [-0.3, -0.25) is 9.59 Å². The molecule has 0 bridgehead atoms. The zero-order chi connectivity index (χ0) is 29.1. The number of aliphatic hydroxyl groups excluding tert-OH is 1. The van der Waals surface area contributed by atoms with Gasteiger partial charge in [-0.05, 0) is 37.0 Å². The zero-order valence-corrected chi connectivity index (χ0v) is 24.8. The van der Waals surface area contributed by atoms with Gasteiger partial charge >= 0.3 is 0 Å². The molecule has 2 N–H and O–H groups in total. The van der Waals surface area contributed by atoms with E-state index in [1.54, 1.807) is 24.8 Å². The van der Waals surface area contributed by atoms with Crippen LogP contribution in [0, 0.1) is 5.41 Å². The van der Waals surface area contributed by atoms with E-state index in [1.165, 1.54) is 18.9 Å². The Hall–Kier alpha value is -2.69. The van der Waals surface area contributed by atoms with Gasteiger partial charge in [0.15, 0.2) is 11.9 Å². The Morgan fingerprint density at radius 2 is 1.85 bits per heavy atom. The fourth-order valence-electron chi connectivity index (χ4n) is 4.82. The highest BCUT2D eigenvalue weighted by atomic mass is 32.2. The molecular formula is C31H40N2O6S. The molecule has 2 aromatic rings. The number of carbonyl (C=O) groups is 2. The summed E-state index contributed by atoms with van der Waals surface area (Å²) in [6.45, 7) is 9.98. The molecule has 5 atom stereocenters. The lowest BCUT2D eigenvalue weighted by Gasteiger charge is -2.45. The molecule has 0 aromatic heterocycles. The highest BCUT2D eigenvalue weighted by Gasteiger charge is 2.48. The molecule has 216 valence electrons. The normalized spacial score (nSPS) is 25.8. The Kier molecular flexibility index (Phi) is 9.42. The first kappa shape index (κ1) is 30.3. The second-order valence-corrected chi connectivity index (χ2v) is 12.7. The number of rotatable bonds is 7. The van der Waals surface area contributed by atoms with E-state index < -0.39 is 42.2 Å². The standard InChI is InChI=1S/C31H40N2O6S/c1-30(2,3)17-16-23-25(34)26(39-31(4,5)38-23)27(37-6)28(35)32-21-19-40-24-15-11-10-14-22(24)33(29(21)36)18-20-12-8-7-9-13-20/h7-17,21,23,25-27,34H,18-19H2,1-6H3,(H,32,35)/t21-,23+,25-,26+,27+/m0/s1. The van der Waals surface area contributed by atoms with E-state index in [0.717, 1.165) is 16.1 Å². The van der Waals surface area contributed by atoms with Crippen LogP contribution in [0.1, 0.15) is 40.2 Å². The molecule has 4 rings (SSSR count). The summed E-state index contributed by atoms with van der Waals surface area (Å²) in [5.41, 5.74) is 1.66. The van der Waals surface area contributed by atoms with Crippen molar-refractivity contribution >= 4 is 29.3 Å². The minimum Gasteiger partial charge on any atom is -0.387 e. The molecule has 1 saturated heterocycles. The third kappa shape index (κ3) is 7.33. The number of amides is 2. The van der Waals surface area contributed by atoms with E-state index in [0.29, 0.717) is 12.3 Å². The van der Waals surface area contributed by atoms with Gasteiger partial charge in [-0.15, -0.1) is 11.8 Å². The maximum absolute atomic E-state index is 13.9. The molecule has 1 fully saturated rings. The summed E-state index contributed by atoms with van der Waals surface area (Å²) in [6.07, 6.45) is -0.299. The summed E-state index contributed by atoms with van der Waals surface area (Å²) in [6, 6.07) is 16.7. The number of anilines is 1. The Bertz CT molecular complexity index is 1210. The van der Waals surface area contributed by atoms with Gasteiger partial charge in [0, 0.05) is 17.8 Å². The van der Waals surface area contributed by atoms with Crippen LogP contribution >= 0.6 is 11.8 Å². The van der Waals surface area contributed by atoms with Gasteiger partial charge in [0.1, 0.15) is 24.4 Å². The number of methoxy groups -OCH3 is 1. The van der Waals surface area contributed by atoms with E-state index in [1.807, 2.05) is 81.4 Å². The average Bonchev–Trinajstić information content (AvgIpc) is 3.02. The molecule has 9 heteroatoms. The van der Waals surface area contributed by atoms with E-state index in [4.69, 9.17) is 14.2 Å². The number of thioether (sulfide) groups is 1. The van der Waals surface area contributed by atoms with E-state index in [2.05, 4.69) is 5.32 Å². The predicted octanol–water partition coefficient (Wildman–Crippen LogP) is 4.31. The summed E-state index contributed by atoms with van der Waals surface area (Å²) in [5, 5.41) is 14.1. The maximum Gasteiger partial charge on any atom is 0.252 e. The van der Waals surface area contributed by atoms with Crippen LogP contribution in [-0.4, -0.2) is 66.0 Å².